The van der Waals surface area contributed by atoms with Gasteiger partial charge in [-0.3, -0.25) is 0 Å². The molecule has 0 nitrogen and oxygen atoms in total. The SMILES string of the molecule is CC=Cc1c(C)cccc1-c1ccc(-c2cc3c4ccccc4c(-c4ccc5ccccc5c4)cc3c3ccccc23)cc1. The molecule has 0 heterocycles. The molecule has 0 spiro atoms. The Balaban J connectivity index is 1.35. The van der Waals surface area contributed by atoms with Gasteiger partial charge in [0.1, 0.15) is 0 Å². The van der Waals surface area contributed by atoms with Crippen LogP contribution in [-0.2, 0) is 0 Å². The summed E-state index contributed by atoms with van der Waals surface area (Å²) in [5, 5.41) is 10.2. The normalized spacial score (nSPS) is 11.8. The minimum Gasteiger partial charge on any atom is -0.0870 e. The van der Waals surface area contributed by atoms with Gasteiger partial charge in [0.25, 0.3) is 0 Å². The van der Waals surface area contributed by atoms with Gasteiger partial charge >= 0.3 is 0 Å². The Labute approximate surface area is 258 Å². The van der Waals surface area contributed by atoms with Crippen molar-refractivity contribution in [3.8, 4) is 33.4 Å². The van der Waals surface area contributed by atoms with E-state index in [1.165, 1.54) is 87.6 Å². The Morgan fingerprint density at radius 1 is 0.386 bits per heavy atom. The molecule has 0 aliphatic heterocycles. The second-order valence-corrected chi connectivity index (χ2v) is 11.7. The van der Waals surface area contributed by atoms with Crippen molar-refractivity contribution in [2.24, 2.45) is 0 Å². The van der Waals surface area contributed by atoms with Gasteiger partial charge in [0, 0.05) is 0 Å². The number of benzene rings is 8. The van der Waals surface area contributed by atoms with Crippen LogP contribution in [0.5, 0.6) is 0 Å². The highest BCUT2D eigenvalue weighted by molar-refractivity contribution is 6.24. The predicted molar refractivity (Wildman–Crippen MR) is 192 cm³/mol. The van der Waals surface area contributed by atoms with Gasteiger partial charge in [0.2, 0.25) is 0 Å². The number of fused-ring (bicyclic) bond motifs is 6. The molecule has 0 unspecified atom stereocenters. The van der Waals surface area contributed by atoms with Crippen LogP contribution in [0, 0.1) is 6.92 Å². The van der Waals surface area contributed by atoms with E-state index < -0.39 is 0 Å². The topological polar surface area (TPSA) is 0 Å². The summed E-state index contributed by atoms with van der Waals surface area (Å²) in [6.07, 6.45) is 4.34. The van der Waals surface area contributed by atoms with E-state index in [9.17, 15) is 0 Å². The Kier molecular flexibility index (Phi) is 6.35. The van der Waals surface area contributed by atoms with Gasteiger partial charge in [-0.15, -0.1) is 0 Å². The van der Waals surface area contributed by atoms with Crippen LogP contribution in [0.15, 0.2) is 152 Å². The standard InChI is InChI=1S/C44H32/c1-3-11-35-29(2)12-10-19-36(35)31-21-23-32(24-22-31)41-27-43-40-18-9-7-16-38(40)42(28-44(43)39-17-8-6-15-37(39)41)34-25-20-30-13-4-5-14-33(30)26-34/h3-28H,1-2H3. The predicted octanol–water partition coefficient (Wildman–Crippen LogP) is 12.6. The molecule has 0 fully saturated rings. The Morgan fingerprint density at radius 2 is 0.909 bits per heavy atom. The van der Waals surface area contributed by atoms with Crippen LogP contribution in [0.2, 0.25) is 0 Å². The first-order valence-electron chi connectivity index (χ1n) is 15.4. The van der Waals surface area contributed by atoms with Gasteiger partial charge in [-0.2, -0.15) is 0 Å². The minimum atomic E-state index is 1.23. The van der Waals surface area contributed by atoms with Crippen LogP contribution in [0.1, 0.15) is 18.1 Å². The lowest BCUT2D eigenvalue weighted by atomic mass is 9.87. The fourth-order valence-electron chi connectivity index (χ4n) is 6.94. The van der Waals surface area contributed by atoms with Crippen molar-refractivity contribution in [3.63, 3.8) is 0 Å². The van der Waals surface area contributed by atoms with E-state index in [0.717, 1.165) is 0 Å². The van der Waals surface area contributed by atoms with Crippen molar-refractivity contribution < 1.29 is 0 Å². The Hall–Kier alpha value is -5.46. The first kappa shape index (κ1) is 26.2. The molecule has 0 amide bonds. The van der Waals surface area contributed by atoms with Crippen molar-refractivity contribution in [1.29, 1.82) is 0 Å². The third-order valence-corrected chi connectivity index (χ3v) is 9.11. The molecule has 8 rings (SSSR count). The summed E-state index contributed by atoms with van der Waals surface area (Å²) < 4.78 is 0. The van der Waals surface area contributed by atoms with Gasteiger partial charge in [0.05, 0.1) is 0 Å². The second kappa shape index (κ2) is 10.7. The third-order valence-electron chi connectivity index (χ3n) is 9.11. The number of rotatable bonds is 4. The van der Waals surface area contributed by atoms with Crippen LogP contribution in [0.25, 0.3) is 82.5 Å². The quantitative estimate of drug-likeness (QED) is 0.188. The van der Waals surface area contributed by atoms with Crippen molar-refractivity contribution >= 4 is 49.2 Å². The van der Waals surface area contributed by atoms with E-state index in [4.69, 9.17) is 0 Å². The van der Waals surface area contributed by atoms with Crippen LogP contribution in [0.3, 0.4) is 0 Å². The lowest BCUT2D eigenvalue weighted by Crippen LogP contribution is -1.90. The highest BCUT2D eigenvalue weighted by Crippen LogP contribution is 2.42. The largest absolute Gasteiger partial charge is 0.0870 e. The van der Waals surface area contributed by atoms with E-state index in [0.29, 0.717) is 0 Å². The van der Waals surface area contributed by atoms with Gasteiger partial charge in [0.15, 0.2) is 0 Å². The number of hydrogen-bond acceptors (Lipinski definition) is 0. The zero-order chi connectivity index (χ0) is 29.6. The Bertz CT molecular complexity index is 2390. The second-order valence-electron chi connectivity index (χ2n) is 11.7. The summed E-state index contributed by atoms with van der Waals surface area (Å²) >= 11 is 0. The third kappa shape index (κ3) is 4.31. The lowest BCUT2D eigenvalue weighted by molar-refractivity contribution is 1.43. The molecule has 44 heavy (non-hydrogen) atoms. The van der Waals surface area contributed by atoms with E-state index in [1.807, 2.05) is 0 Å². The average Bonchev–Trinajstić information content (AvgIpc) is 3.08. The smallest absolute Gasteiger partial charge is 0.00923 e. The molecule has 0 bridgehead atoms. The summed E-state index contributed by atoms with van der Waals surface area (Å²) in [7, 11) is 0. The van der Waals surface area contributed by atoms with Gasteiger partial charge in [-0.05, 0) is 120 Å². The van der Waals surface area contributed by atoms with E-state index in [-0.39, 0.29) is 0 Å². The van der Waals surface area contributed by atoms with Crippen molar-refractivity contribution in [2.45, 2.75) is 13.8 Å². The first-order valence-corrected chi connectivity index (χ1v) is 15.4. The summed E-state index contributed by atoms with van der Waals surface area (Å²) in [5.74, 6) is 0. The fraction of sp³-hybridized carbons (Fsp3) is 0.0455. The molecule has 0 N–H and O–H groups in total. The molecule has 0 radical (unpaired) electrons. The van der Waals surface area contributed by atoms with Gasteiger partial charge in [-0.25, -0.2) is 0 Å². The maximum absolute atomic E-state index is 2.41. The molecule has 0 heteroatoms. The number of aryl methyl sites for hydroxylation is 1. The maximum Gasteiger partial charge on any atom is -0.00923 e. The minimum absolute atomic E-state index is 1.23. The summed E-state index contributed by atoms with van der Waals surface area (Å²) in [6, 6.07) is 53.7. The zero-order valence-electron chi connectivity index (χ0n) is 25.0. The van der Waals surface area contributed by atoms with Crippen molar-refractivity contribution in [1.82, 2.24) is 0 Å². The Morgan fingerprint density at radius 3 is 1.55 bits per heavy atom. The van der Waals surface area contributed by atoms with Crippen molar-refractivity contribution in [2.75, 3.05) is 0 Å². The van der Waals surface area contributed by atoms with E-state index in [2.05, 4.69) is 172 Å². The molecular weight excluding hydrogens is 528 g/mol. The molecule has 0 aliphatic carbocycles. The van der Waals surface area contributed by atoms with Crippen LogP contribution >= 0.6 is 0 Å². The van der Waals surface area contributed by atoms with Gasteiger partial charge < -0.3 is 0 Å². The monoisotopic (exact) mass is 560 g/mol. The van der Waals surface area contributed by atoms with E-state index in [1.54, 1.807) is 0 Å². The molecule has 8 aromatic rings. The first-order chi connectivity index (χ1) is 21.7. The van der Waals surface area contributed by atoms with Gasteiger partial charge in [-0.1, -0.05) is 140 Å². The summed E-state index contributed by atoms with van der Waals surface area (Å²) in [5.41, 5.74) is 10.1. The molecule has 0 aromatic heterocycles. The lowest BCUT2D eigenvalue weighted by Gasteiger charge is -2.17. The molecule has 0 aliphatic rings. The molecule has 0 saturated carbocycles. The highest BCUT2D eigenvalue weighted by Gasteiger charge is 2.15. The zero-order valence-corrected chi connectivity index (χ0v) is 25.0. The number of allylic oxidation sites excluding steroid dienone is 1. The molecular formula is C44H32. The molecule has 0 saturated heterocycles. The fourth-order valence-corrected chi connectivity index (χ4v) is 6.94. The maximum atomic E-state index is 2.41. The molecule has 0 atom stereocenters. The van der Waals surface area contributed by atoms with Crippen LogP contribution in [0.4, 0.5) is 0 Å². The van der Waals surface area contributed by atoms with Crippen LogP contribution < -0.4 is 0 Å². The van der Waals surface area contributed by atoms with E-state index >= 15 is 0 Å². The highest BCUT2D eigenvalue weighted by atomic mass is 14.2. The van der Waals surface area contributed by atoms with Crippen LogP contribution in [-0.4, -0.2) is 0 Å². The molecule has 8 aromatic carbocycles. The van der Waals surface area contributed by atoms with Crippen molar-refractivity contribution in [3.05, 3.63) is 163 Å². The average molecular weight is 561 g/mol. The summed E-state index contributed by atoms with van der Waals surface area (Å²) in [4.78, 5) is 0. The molecule has 208 valence electrons. The number of hydrogen-bond donors (Lipinski definition) is 0. The summed E-state index contributed by atoms with van der Waals surface area (Å²) in [6.45, 7) is 4.27.